The lowest BCUT2D eigenvalue weighted by atomic mass is 10.1. The van der Waals surface area contributed by atoms with Crippen LogP contribution in [-0.2, 0) is 11.3 Å². The monoisotopic (exact) mass is 434 g/mol. The minimum absolute atomic E-state index is 0.337. The molecule has 1 heterocycles. The van der Waals surface area contributed by atoms with Crippen LogP contribution in [0.25, 0.3) is 11.4 Å². The van der Waals surface area contributed by atoms with Crippen LogP contribution >= 0.6 is 35.0 Å². The molecule has 0 unspecified atom stereocenters. The third-order valence-corrected chi connectivity index (χ3v) is 5.82. The number of aromatic nitrogens is 3. The summed E-state index contributed by atoms with van der Waals surface area (Å²) >= 11 is 13.7. The van der Waals surface area contributed by atoms with Crippen molar-refractivity contribution in [1.82, 2.24) is 14.8 Å². The Labute approximate surface area is 178 Å². The number of nitrogens with zero attached hydrogens (tertiary/aromatic N) is 3. The molecule has 0 aliphatic carbocycles. The molecule has 8 heteroatoms. The topological polar surface area (TPSA) is 73.8 Å². The highest BCUT2D eigenvalue weighted by atomic mass is 35.5. The molecule has 0 bridgehead atoms. The van der Waals surface area contributed by atoms with Crippen molar-refractivity contribution in [3.8, 4) is 11.4 Å². The van der Waals surface area contributed by atoms with E-state index in [1.807, 2.05) is 41.0 Å². The van der Waals surface area contributed by atoms with Gasteiger partial charge in [-0.05, 0) is 29.7 Å². The number of carbonyl (C=O) groups excluding carboxylic acids is 1. The zero-order valence-electron chi connectivity index (χ0n) is 15.5. The van der Waals surface area contributed by atoms with E-state index >= 15 is 0 Å². The molecule has 0 spiro atoms. The number of nitrogens with two attached hydrogens (primary N) is 1. The van der Waals surface area contributed by atoms with Crippen LogP contribution in [0.2, 0.25) is 10.0 Å². The smallest absolute Gasteiger partial charge is 0.235 e. The summed E-state index contributed by atoms with van der Waals surface area (Å²) < 4.78 is 1.98. The van der Waals surface area contributed by atoms with Gasteiger partial charge in [0, 0.05) is 17.1 Å². The van der Waals surface area contributed by atoms with Gasteiger partial charge in [-0.1, -0.05) is 79.1 Å². The maximum atomic E-state index is 12.1. The number of primary amides is 1. The van der Waals surface area contributed by atoms with Crippen LogP contribution in [0.4, 0.5) is 0 Å². The molecule has 0 aliphatic rings. The Hall–Kier alpha value is -2.02. The number of benzene rings is 2. The molecule has 28 heavy (non-hydrogen) atoms. The predicted octanol–water partition coefficient (Wildman–Crippen LogP) is 5.23. The van der Waals surface area contributed by atoms with Crippen molar-refractivity contribution in [3.05, 3.63) is 64.1 Å². The van der Waals surface area contributed by atoms with E-state index in [0.29, 0.717) is 33.5 Å². The second-order valence-corrected chi connectivity index (χ2v) is 8.66. The third kappa shape index (κ3) is 4.69. The third-order valence-electron chi connectivity index (χ3n) is 4.02. The average molecular weight is 435 g/mol. The van der Waals surface area contributed by atoms with Crippen LogP contribution in [0.1, 0.15) is 24.7 Å². The van der Waals surface area contributed by atoms with Gasteiger partial charge in [-0.25, -0.2) is 0 Å². The number of thioether (sulfide) groups is 1. The number of carbonyl (C=O) groups is 1. The van der Waals surface area contributed by atoms with Gasteiger partial charge in [0.15, 0.2) is 11.0 Å². The van der Waals surface area contributed by atoms with Gasteiger partial charge in [0.25, 0.3) is 0 Å². The van der Waals surface area contributed by atoms with Crippen molar-refractivity contribution in [2.75, 3.05) is 0 Å². The van der Waals surface area contributed by atoms with Crippen molar-refractivity contribution >= 4 is 40.9 Å². The SMILES string of the molecule is CC(C)Cn1c(S[C@H](C(N)=O)c2ccccc2)nnc1-c1ccc(Cl)cc1Cl. The van der Waals surface area contributed by atoms with Crippen molar-refractivity contribution in [2.45, 2.75) is 30.8 Å². The molecule has 0 aliphatic heterocycles. The zero-order chi connectivity index (χ0) is 20.3. The minimum atomic E-state index is -0.565. The highest BCUT2D eigenvalue weighted by Gasteiger charge is 2.25. The van der Waals surface area contributed by atoms with Gasteiger partial charge in [-0.2, -0.15) is 0 Å². The van der Waals surface area contributed by atoms with Gasteiger partial charge in [-0.15, -0.1) is 10.2 Å². The van der Waals surface area contributed by atoms with Crippen molar-refractivity contribution < 1.29 is 4.79 Å². The molecule has 0 radical (unpaired) electrons. The van der Waals surface area contributed by atoms with Crippen molar-refractivity contribution in [1.29, 1.82) is 0 Å². The number of hydrogen-bond donors (Lipinski definition) is 1. The molecule has 1 atom stereocenters. The minimum Gasteiger partial charge on any atom is -0.368 e. The zero-order valence-corrected chi connectivity index (χ0v) is 17.8. The van der Waals surface area contributed by atoms with Crippen molar-refractivity contribution in [3.63, 3.8) is 0 Å². The molecular formula is C20H20Cl2N4OS. The van der Waals surface area contributed by atoms with Gasteiger partial charge < -0.3 is 10.3 Å². The van der Waals surface area contributed by atoms with E-state index in [9.17, 15) is 4.79 Å². The summed E-state index contributed by atoms with van der Waals surface area (Å²) in [6, 6.07) is 14.7. The second kappa shape index (κ2) is 8.99. The van der Waals surface area contributed by atoms with Gasteiger partial charge in [0.2, 0.25) is 5.91 Å². The largest absolute Gasteiger partial charge is 0.368 e. The Bertz CT molecular complexity index is 976. The van der Waals surface area contributed by atoms with Gasteiger partial charge in [-0.3, -0.25) is 4.79 Å². The summed E-state index contributed by atoms with van der Waals surface area (Å²) in [5.41, 5.74) is 7.24. The molecular weight excluding hydrogens is 415 g/mol. The summed E-state index contributed by atoms with van der Waals surface area (Å²) in [6.45, 7) is 4.87. The Kier molecular flexibility index (Phi) is 6.65. The molecule has 3 rings (SSSR count). The number of rotatable bonds is 7. The Morgan fingerprint density at radius 3 is 2.46 bits per heavy atom. The average Bonchev–Trinajstić information content (AvgIpc) is 3.01. The predicted molar refractivity (Wildman–Crippen MR) is 115 cm³/mol. The fourth-order valence-corrected chi connectivity index (χ4v) is 4.29. The highest BCUT2D eigenvalue weighted by Crippen LogP contribution is 2.37. The summed E-state index contributed by atoms with van der Waals surface area (Å²) in [4.78, 5) is 12.1. The molecule has 3 aromatic rings. The maximum Gasteiger partial charge on any atom is 0.235 e. The lowest BCUT2D eigenvalue weighted by molar-refractivity contribution is -0.117. The summed E-state index contributed by atoms with van der Waals surface area (Å²) in [5.74, 6) is 0.541. The van der Waals surface area contributed by atoms with Crippen molar-refractivity contribution in [2.24, 2.45) is 11.7 Å². The van der Waals surface area contributed by atoms with E-state index in [2.05, 4.69) is 24.0 Å². The molecule has 2 aromatic carbocycles. The quantitative estimate of drug-likeness (QED) is 0.516. The van der Waals surface area contributed by atoms with E-state index in [-0.39, 0.29) is 0 Å². The van der Waals surface area contributed by atoms with Crippen LogP contribution in [-0.4, -0.2) is 20.7 Å². The molecule has 5 nitrogen and oxygen atoms in total. The van der Waals surface area contributed by atoms with Crippen LogP contribution < -0.4 is 5.73 Å². The fraction of sp³-hybridized carbons (Fsp3) is 0.250. The molecule has 0 saturated carbocycles. The van der Waals surface area contributed by atoms with E-state index in [4.69, 9.17) is 28.9 Å². The summed E-state index contributed by atoms with van der Waals surface area (Å²) in [5, 5.41) is 9.78. The van der Waals surface area contributed by atoms with E-state index in [1.165, 1.54) is 11.8 Å². The fourth-order valence-electron chi connectivity index (χ4n) is 2.80. The van der Waals surface area contributed by atoms with Crippen LogP contribution in [0.5, 0.6) is 0 Å². The molecule has 1 aromatic heterocycles. The highest BCUT2D eigenvalue weighted by molar-refractivity contribution is 8.00. The molecule has 0 saturated heterocycles. The van der Waals surface area contributed by atoms with E-state index in [0.717, 1.165) is 11.1 Å². The molecule has 1 amide bonds. The van der Waals surface area contributed by atoms with Gasteiger partial charge >= 0.3 is 0 Å². The Balaban J connectivity index is 2.03. The first kappa shape index (κ1) is 20.7. The lowest BCUT2D eigenvalue weighted by Gasteiger charge is -2.16. The molecule has 2 N–H and O–H groups in total. The summed E-state index contributed by atoms with van der Waals surface area (Å²) in [6.07, 6.45) is 0. The number of amides is 1. The Morgan fingerprint density at radius 1 is 1.14 bits per heavy atom. The van der Waals surface area contributed by atoms with Gasteiger partial charge in [0.1, 0.15) is 5.25 Å². The van der Waals surface area contributed by atoms with Crippen LogP contribution in [0.3, 0.4) is 0 Å². The first-order chi connectivity index (χ1) is 13.4. The normalized spacial score (nSPS) is 12.3. The standard InChI is InChI=1S/C20H20Cl2N4OS/c1-12(2)11-26-19(15-9-8-14(21)10-16(15)22)24-25-20(26)28-17(18(23)27)13-6-4-3-5-7-13/h3-10,12,17H,11H2,1-2H3,(H2,23,27)/t17-/m0/s1. The first-order valence-corrected chi connectivity index (χ1v) is 10.4. The first-order valence-electron chi connectivity index (χ1n) is 8.76. The molecule has 146 valence electrons. The van der Waals surface area contributed by atoms with E-state index in [1.54, 1.807) is 12.1 Å². The van der Waals surface area contributed by atoms with Gasteiger partial charge in [0.05, 0.1) is 5.02 Å². The second-order valence-electron chi connectivity index (χ2n) is 6.75. The van der Waals surface area contributed by atoms with Crippen LogP contribution in [0.15, 0.2) is 53.7 Å². The maximum absolute atomic E-state index is 12.1. The number of halogens is 2. The Morgan fingerprint density at radius 2 is 1.86 bits per heavy atom. The van der Waals surface area contributed by atoms with Crippen LogP contribution in [0, 0.1) is 5.92 Å². The lowest BCUT2D eigenvalue weighted by Crippen LogP contribution is -2.19. The number of hydrogen-bond acceptors (Lipinski definition) is 4. The summed E-state index contributed by atoms with van der Waals surface area (Å²) in [7, 11) is 0. The molecule has 0 fully saturated rings. The van der Waals surface area contributed by atoms with E-state index < -0.39 is 11.2 Å².